The lowest BCUT2D eigenvalue weighted by atomic mass is 10.0. The van der Waals surface area contributed by atoms with Crippen molar-refractivity contribution in [3.63, 3.8) is 0 Å². The van der Waals surface area contributed by atoms with Crippen molar-refractivity contribution in [2.24, 2.45) is 0 Å². The van der Waals surface area contributed by atoms with E-state index >= 15 is 0 Å². The van der Waals surface area contributed by atoms with Gasteiger partial charge in [0.1, 0.15) is 5.82 Å². The van der Waals surface area contributed by atoms with Crippen molar-refractivity contribution >= 4 is 5.97 Å². The molecule has 0 bridgehead atoms. The third-order valence-corrected chi connectivity index (χ3v) is 2.89. The zero-order valence-corrected chi connectivity index (χ0v) is 10.6. The van der Waals surface area contributed by atoms with Crippen molar-refractivity contribution in [1.29, 1.82) is 0 Å². The van der Waals surface area contributed by atoms with Crippen molar-refractivity contribution in [3.8, 4) is 11.4 Å². The second-order valence-corrected chi connectivity index (χ2v) is 4.28. The number of hydrogen-bond donors (Lipinski definition) is 1. The zero-order valence-electron chi connectivity index (χ0n) is 10.6. The topological polar surface area (TPSA) is 55.1 Å². The largest absolute Gasteiger partial charge is 0.478 e. The summed E-state index contributed by atoms with van der Waals surface area (Å²) in [6.07, 6.45) is 4.76. The molecule has 1 aromatic carbocycles. The molecule has 0 saturated carbocycles. The number of aromatic carboxylic acids is 1. The predicted molar refractivity (Wildman–Crippen MR) is 69.7 cm³/mol. The number of aryl methyl sites for hydroxylation is 2. The van der Waals surface area contributed by atoms with Gasteiger partial charge in [-0.2, -0.15) is 0 Å². The average molecular weight is 244 g/mol. The van der Waals surface area contributed by atoms with Crippen LogP contribution >= 0.6 is 0 Å². The molecular weight excluding hydrogens is 228 g/mol. The maximum Gasteiger partial charge on any atom is 0.335 e. The smallest absolute Gasteiger partial charge is 0.335 e. The molecule has 4 nitrogen and oxygen atoms in total. The van der Waals surface area contributed by atoms with Crippen molar-refractivity contribution in [2.45, 2.75) is 26.8 Å². The number of aromatic nitrogens is 2. The Morgan fingerprint density at radius 1 is 1.44 bits per heavy atom. The summed E-state index contributed by atoms with van der Waals surface area (Å²) >= 11 is 0. The van der Waals surface area contributed by atoms with E-state index in [0.717, 1.165) is 29.9 Å². The monoisotopic (exact) mass is 244 g/mol. The van der Waals surface area contributed by atoms with Crippen molar-refractivity contribution in [3.05, 3.63) is 41.7 Å². The molecule has 0 aliphatic carbocycles. The highest BCUT2D eigenvalue weighted by Crippen LogP contribution is 2.23. The van der Waals surface area contributed by atoms with E-state index in [-0.39, 0.29) is 0 Å². The molecule has 0 saturated heterocycles. The van der Waals surface area contributed by atoms with E-state index in [1.165, 1.54) is 0 Å². The zero-order chi connectivity index (χ0) is 13.1. The van der Waals surface area contributed by atoms with Crippen LogP contribution in [0.5, 0.6) is 0 Å². The highest BCUT2D eigenvalue weighted by molar-refractivity contribution is 5.88. The van der Waals surface area contributed by atoms with Gasteiger partial charge in [-0.3, -0.25) is 0 Å². The first-order valence-electron chi connectivity index (χ1n) is 5.99. The molecule has 18 heavy (non-hydrogen) atoms. The fourth-order valence-corrected chi connectivity index (χ4v) is 2.02. The Bertz CT molecular complexity index is 573. The van der Waals surface area contributed by atoms with E-state index < -0.39 is 5.97 Å². The number of carboxylic acid groups (broad SMARTS) is 1. The number of hydrogen-bond acceptors (Lipinski definition) is 2. The second kappa shape index (κ2) is 5.04. The quantitative estimate of drug-likeness (QED) is 0.899. The number of carboxylic acids is 1. The van der Waals surface area contributed by atoms with Gasteiger partial charge < -0.3 is 9.67 Å². The van der Waals surface area contributed by atoms with Crippen LogP contribution < -0.4 is 0 Å². The summed E-state index contributed by atoms with van der Waals surface area (Å²) in [5, 5.41) is 8.95. The van der Waals surface area contributed by atoms with E-state index in [1.54, 1.807) is 18.3 Å². The number of imidazole rings is 1. The van der Waals surface area contributed by atoms with Crippen LogP contribution in [0.1, 0.15) is 29.3 Å². The molecular formula is C14H16N2O2. The first kappa shape index (κ1) is 12.4. The maximum absolute atomic E-state index is 10.9. The number of nitrogens with zero attached hydrogens (tertiary/aromatic N) is 2. The summed E-state index contributed by atoms with van der Waals surface area (Å²) in [5.74, 6) is -0.00663. The molecule has 0 radical (unpaired) electrons. The van der Waals surface area contributed by atoms with E-state index in [4.69, 9.17) is 5.11 Å². The van der Waals surface area contributed by atoms with Gasteiger partial charge in [-0.05, 0) is 31.0 Å². The lowest BCUT2D eigenvalue weighted by Gasteiger charge is -2.09. The van der Waals surface area contributed by atoms with Crippen LogP contribution in [0, 0.1) is 6.92 Å². The summed E-state index contributed by atoms with van der Waals surface area (Å²) < 4.78 is 2.09. The molecule has 1 aromatic heterocycles. The molecule has 94 valence electrons. The van der Waals surface area contributed by atoms with E-state index in [9.17, 15) is 4.79 Å². The van der Waals surface area contributed by atoms with Gasteiger partial charge in [0.15, 0.2) is 0 Å². The molecule has 1 N–H and O–H groups in total. The third-order valence-electron chi connectivity index (χ3n) is 2.89. The van der Waals surface area contributed by atoms with E-state index in [0.29, 0.717) is 5.56 Å². The molecule has 0 unspecified atom stereocenters. The fraction of sp³-hybridized carbons (Fsp3) is 0.286. The first-order valence-corrected chi connectivity index (χ1v) is 5.99. The lowest BCUT2D eigenvalue weighted by molar-refractivity contribution is 0.0697. The SMILES string of the molecule is CCCn1ccnc1-c1ccc(C(=O)O)cc1C. The summed E-state index contributed by atoms with van der Waals surface area (Å²) in [6.45, 7) is 4.94. The summed E-state index contributed by atoms with van der Waals surface area (Å²) in [6, 6.07) is 5.13. The highest BCUT2D eigenvalue weighted by atomic mass is 16.4. The van der Waals surface area contributed by atoms with Crippen LogP contribution in [0.25, 0.3) is 11.4 Å². The second-order valence-electron chi connectivity index (χ2n) is 4.28. The Hall–Kier alpha value is -2.10. The molecule has 0 aliphatic heterocycles. The van der Waals surface area contributed by atoms with Gasteiger partial charge >= 0.3 is 5.97 Å². The van der Waals surface area contributed by atoms with Crippen molar-refractivity contribution in [2.75, 3.05) is 0 Å². The van der Waals surface area contributed by atoms with Crippen LogP contribution in [-0.2, 0) is 6.54 Å². The van der Waals surface area contributed by atoms with E-state index in [2.05, 4.69) is 16.5 Å². The average Bonchev–Trinajstić information content (AvgIpc) is 2.77. The van der Waals surface area contributed by atoms with Gasteiger partial charge in [0.2, 0.25) is 0 Å². The fourth-order valence-electron chi connectivity index (χ4n) is 2.02. The summed E-state index contributed by atoms with van der Waals surface area (Å²) in [5.41, 5.74) is 2.22. The minimum absolute atomic E-state index is 0.310. The number of rotatable bonds is 4. The van der Waals surface area contributed by atoms with E-state index in [1.807, 2.05) is 19.2 Å². The van der Waals surface area contributed by atoms with Crippen LogP contribution in [0.3, 0.4) is 0 Å². The Morgan fingerprint density at radius 3 is 2.83 bits per heavy atom. The Morgan fingerprint density at radius 2 is 2.22 bits per heavy atom. The molecule has 0 fully saturated rings. The summed E-state index contributed by atoms with van der Waals surface area (Å²) in [4.78, 5) is 15.3. The lowest BCUT2D eigenvalue weighted by Crippen LogP contribution is -2.01. The normalized spacial score (nSPS) is 10.6. The van der Waals surface area contributed by atoms with Gasteiger partial charge in [-0.25, -0.2) is 9.78 Å². The van der Waals surface area contributed by atoms with Crippen LogP contribution in [0.15, 0.2) is 30.6 Å². The summed E-state index contributed by atoms with van der Waals surface area (Å²) in [7, 11) is 0. The van der Waals surface area contributed by atoms with Gasteiger partial charge in [0.05, 0.1) is 5.56 Å². The van der Waals surface area contributed by atoms with Gasteiger partial charge in [-0.1, -0.05) is 13.0 Å². The highest BCUT2D eigenvalue weighted by Gasteiger charge is 2.11. The minimum Gasteiger partial charge on any atom is -0.478 e. The Balaban J connectivity index is 2.44. The van der Waals surface area contributed by atoms with Crippen LogP contribution in [-0.4, -0.2) is 20.6 Å². The number of carbonyl (C=O) groups is 1. The predicted octanol–water partition coefficient (Wildman–Crippen LogP) is 2.97. The molecule has 0 spiro atoms. The molecule has 2 aromatic rings. The molecule has 0 atom stereocenters. The Labute approximate surface area is 106 Å². The van der Waals surface area contributed by atoms with Crippen LogP contribution in [0.2, 0.25) is 0 Å². The van der Waals surface area contributed by atoms with Gasteiger partial charge in [0.25, 0.3) is 0 Å². The molecule has 0 amide bonds. The van der Waals surface area contributed by atoms with Crippen LogP contribution in [0.4, 0.5) is 0 Å². The molecule has 0 aliphatic rings. The molecule has 1 heterocycles. The molecule has 4 heteroatoms. The van der Waals surface area contributed by atoms with Gasteiger partial charge in [0, 0.05) is 24.5 Å². The first-order chi connectivity index (χ1) is 8.63. The number of benzene rings is 1. The van der Waals surface area contributed by atoms with Crippen molar-refractivity contribution in [1.82, 2.24) is 9.55 Å². The molecule has 2 rings (SSSR count). The minimum atomic E-state index is -0.901. The van der Waals surface area contributed by atoms with Crippen molar-refractivity contribution < 1.29 is 9.90 Å². The standard InChI is InChI=1S/C14H16N2O2/c1-3-7-16-8-6-15-13(16)12-5-4-11(14(17)18)9-10(12)2/h4-6,8-9H,3,7H2,1-2H3,(H,17,18). The van der Waals surface area contributed by atoms with Gasteiger partial charge in [-0.15, -0.1) is 0 Å². The Kier molecular flexibility index (Phi) is 3.46. The third kappa shape index (κ3) is 2.27. The maximum atomic E-state index is 10.9.